The average molecular weight is 263 g/mol. The molecule has 0 radical (unpaired) electrons. The smallest absolute Gasteiger partial charge is 0.276 e. The molecule has 0 fully saturated rings. The third kappa shape index (κ3) is 3.31. The molecule has 1 heterocycles. The van der Waals surface area contributed by atoms with E-state index in [4.69, 9.17) is 9.68 Å². The second kappa shape index (κ2) is 6.17. The lowest BCUT2D eigenvalue weighted by atomic mass is 10.1. The third-order valence-corrected chi connectivity index (χ3v) is 3.01. The summed E-state index contributed by atoms with van der Waals surface area (Å²) in [6, 6.07) is 8.51. The SMILES string of the molecule is N#CCCSc1nnc(Cc2ccccc2F)o1. The lowest BCUT2D eigenvalue weighted by Crippen LogP contribution is -1.92. The topological polar surface area (TPSA) is 62.7 Å². The van der Waals surface area contributed by atoms with E-state index in [2.05, 4.69) is 10.2 Å². The number of benzene rings is 1. The second-order valence-electron chi connectivity index (χ2n) is 3.49. The summed E-state index contributed by atoms with van der Waals surface area (Å²) in [6.07, 6.45) is 0.703. The molecule has 0 aliphatic carbocycles. The van der Waals surface area contributed by atoms with Crippen LogP contribution in [0.3, 0.4) is 0 Å². The molecule has 4 nitrogen and oxygen atoms in total. The van der Waals surface area contributed by atoms with Gasteiger partial charge in [-0.15, -0.1) is 10.2 Å². The van der Waals surface area contributed by atoms with Crippen molar-refractivity contribution in [3.05, 3.63) is 41.5 Å². The van der Waals surface area contributed by atoms with E-state index in [-0.39, 0.29) is 12.2 Å². The van der Waals surface area contributed by atoms with Crippen LogP contribution in [0, 0.1) is 17.1 Å². The number of nitriles is 1. The van der Waals surface area contributed by atoms with Crippen molar-refractivity contribution in [2.24, 2.45) is 0 Å². The summed E-state index contributed by atoms with van der Waals surface area (Å²) in [6.45, 7) is 0. The summed E-state index contributed by atoms with van der Waals surface area (Å²) < 4.78 is 18.8. The van der Waals surface area contributed by atoms with E-state index in [1.165, 1.54) is 17.8 Å². The Hall–Kier alpha value is -1.87. The Labute approximate surface area is 108 Å². The van der Waals surface area contributed by atoms with Crippen molar-refractivity contribution in [2.75, 3.05) is 5.75 Å². The van der Waals surface area contributed by atoms with Crippen LogP contribution in [-0.2, 0) is 6.42 Å². The van der Waals surface area contributed by atoms with Crippen LogP contribution in [0.15, 0.2) is 33.9 Å². The van der Waals surface area contributed by atoms with E-state index in [9.17, 15) is 4.39 Å². The van der Waals surface area contributed by atoms with Gasteiger partial charge in [-0.05, 0) is 11.6 Å². The van der Waals surface area contributed by atoms with Crippen LogP contribution in [0.2, 0.25) is 0 Å². The largest absolute Gasteiger partial charge is 0.416 e. The molecular formula is C12H10FN3OS. The molecule has 2 aromatic rings. The first-order valence-electron chi connectivity index (χ1n) is 5.35. The monoisotopic (exact) mass is 263 g/mol. The first kappa shape index (κ1) is 12.6. The normalized spacial score (nSPS) is 10.2. The highest BCUT2D eigenvalue weighted by Crippen LogP contribution is 2.19. The number of nitrogens with zero attached hydrogens (tertiary/aromatic N) is 3. The maximum absolute atomic E-state index is 13.4. The summed E-state index contributed by atoms with van der Waals surface area (Å²) in [5.41, 5.74) is 0.523. The number of hydrogen-bond donors (Lipinski definition) is 0. The molecule has 0 amide bonds. The van der Waals surface area contributed by atoms with Crippen LogP contribution < -0.4 is 0 Å². The second-order valence-corrected chi connectivity index (χ2v) is 4.53. The van der Waals surface area contributed by atoms with Gasteiger partial charge in [0.2, 0.25) is 5.89 Å². The van der Waals surface area contributed by atoms with Crippen molar-refractivity contribution in [3.8, 4) is 6.07 Å². The molecule has 2 rings (SSSR count). The molecule has 18 heavy (non-hydrogen) atoms. The van der Waals surface area contributed by atoms with Crippen molar-refractivity contribution in [3.63, 3.8) is 0 Å². The molecule has 0 aliphatic heterocycles. The van der Waals surface area contributed by atoms with Crippen molar-refractivity contribution in [2.45, 2.75) is 18.1 Å². The minimum Gasteiger partial charge on any atom is -0.416 e. The summed E-state index contributed by atoms with van der Waals surface area (Å²) in [7, 11) is 0. The molecule has 1 aromatic carbocycles. The molecule has 0 aliphatic rings. The molecular weight excluding hydrogens is 253 g/mol. The van der Waals surface area contributed by atoms with Gasteiger partial charge in [0.25, 0.3) is 5.22 Å². The molecule has 0 N–H and O–H groups in total. The van der Waals surface area contributed by atoms with E-state index >= 15 is 0 Å². The quantitative estimate of drug-likeness (QED) is 0.613. The number of rotatable bonds is 5. The first-order chi connectivity index (χ1) is 8.79. The van der Waals surface area contributed by atoms with E-state index in [0.29, 0.717) is 28.9 Å². The molecule has 0 atom stereocenters. The van der Waals surface area contributed by atoms with Crippen molar-refractivity contribution in [1.82, 2.24) is 10.2 Å². The number of hydrogen-bond acceptors (Lipinski definition) is 5. The van der Waals surface area contributed by atoms with Crippen LogP contribution in [0.5, 0.6) is 0 Å². The first-order valence-corrected chi connectivity index (χ1v) is 6.33. The van der Waals surface area contributed by atoms with Gasteiger partial charge in [0.05, 0.1) is 12.5 Å². The van der Waals surface area contributed by atoms with Gasteiger partial charge in [0, 0.05) is 12.2 Å². The van der Waals surface area contributed by atoms with Gasteiger partial charge >= 0.3 is 0 Å². The minimum absolute atomic E-state index is 0.276. The fraction of sp³-hybridized carbons (Fsp3) is 0.250. The zero-order valence-electron chi connectivity index (χ0n) is 9.47. The number of halogens is 1. The Balaban J connectivity index is 1.99. The Morgan fingerprint density at radius 2 is 2.17 bits per heavy atom. The number of aromatic nitrogens is 2. The molecule has 0 spiro atoms. The highest BCUT2D eigenvalue weighted by molar-refractivity contribution is 7.99. The molecule has 0 saturated heterocycles. The fourth-order valence-corrected chi connectivity index (χ4v) is 1.98. The summed E-state index contributed by atoms with van der Waals surface area (Å²) in [5.74, 6) is 0.701. The number of thioether (sulfide) groups is 1. The van der Waals surface area contributed by atoms with Gasteiger partial charge in [-0.25, -0.2) is 4.39 Å². The minimum atomic E-state index is -0.283. The van der Waals surface area contributed by atoms with Gasteiger partial charge in [-0.2, -0.15) is 5.26 Å². The van der Waals surface area contributed by atoms with Crippen LogP contribution >= 0.6 is 11.8 Å². The Morgan fingerprint density at radius 1 is 1.33 bits per heavy atom. The van der Waals surface area contributed by atoms with E-state index in [0.717, 1.165) is 0 Å². The highest BCUT2D eigenvalue weighted by atomic mass is 32.2. The fourth-order valence-electron chi connectivity index (χ4n) is 1.36. The summed E-state index contributed by atoms with van der Waals surface area (Å²) in [5, 5.41) is 16.5. The van der Waals surface area contributed by atoms with Crippen LogP contribution in [0.4, 0.5) is 4.39 Å². The molecule has 0 bridgehead atoms. The lowest BCUT2D eigenvalue weighted by Gasteiger charge is -1.97. The van der Waals surface area contributed by atoms with Crippen LogP contribution in [-0.4, -0.2) is 16.0 Å². The average Bonchev–Trinajstić information content (AvgIpc) is 2.80. The van der Waals surface area contributed by atoms with E-state index in [1.807, 2.05) is 6.07 Å². The van der Waals surface area contributed by atoms with Crippen molar-refractivity contribution >= 4 is 11.8 Å². The predicted octanol–water partition coefficient (Wildman–Crippen LogP) is 2.81. The van der Waals surface area contributed by atoms with Gasteiger partial charge in [0.1, 0.15) is 5.82 Å². The zero-order valence-corrected chi connectivity index (χ0v) is 10.3. The van der Waals surface area contributed by atoms with Gasteiger partial charge < -0.3 is 4.42 Å². The Morgan fingerprint density at radius 3 is 2.94 bits per heavy atom. The van der Waals surface area contributed by atoms with Crippen LogP contribution in [0.1, 0.15) is 17.9 Å². The molecule has 92 valence electrons. The molecule has 1 aromatic heterocycles. The maximum atomic E-state index is 13.4. The summed E-state index contributed by atoms with van der Waals surface area (Å²) >= 11 is 1.32. The van der Waals surface area contributed by atoms with Crippen LogP contribution in [0.25, 0.3) is 0 Å². The van der Waals surface area contributed by atoms with Crippen molar-refractivity contribution < 1.29 is 8.81 Å². The zero-order chi connectivity index (χ0) is 12.8. The van der Waals surface area contributed by atoms with E-state index in [1.54, 1.807) is 18.2 Å². The molecule has 0 saturated carbocycles. The predicted molar refractivity (Wildman–Crippen MR) is 64.5 cm³/mol. The van der Waals surface area contributed by atoms with Gasteiger partial charge in [0.15, 0.2) is 0 Å². The standard InChI is InChI=1S/C12H10FN3OS/c13-10-5-2-1-4-9(10)8-11-15-16-12(17-11)18-7-3-6-14/h1-2,4-5H,3,7-8H2. The van der Waals surface area contributed by atoms with Gasteiger partial charge in [-0.1, -0.05) is 30.0 Å². The Bertz CT molecular complexity index is 564. The Kier molecular flexibility index (Phi) is 4.31. The van der Waals surface area contributed by atoms with Gasteiger partial charge in [-0.3, -0.25) is 0 Å². The lowest BCUT2D eigenvalue weighted by molar-refractivity contribution is 0.418. The van der Waals surface area contributed by atoms with E-state index < -0.39 is 0 Å². The summed E-state index contributed by atoms with van der Waals surface area (Å²) in [4.78, 5) is 0. The maximum Gasteiger partial charge on any atom is 0.276 e. The molecule has 0 unspecified atom stereocenters. The molecule has 6 heteroatoms. The van der Waals surface area contributed by atoms with Crippen molar-refractivity contribution in [1.29, 1.82) is 5.26 Å². The highest BCUT2D eigenvalue weighted by Gasteiger charge is 2.09. The third-order valence-electron chi connectivity index (χ3n) is 2.19.